The third-order valence-corrected chi connectivity index (χ3v) is 2.25. The van der Waals surface area contributed by atoms with Gasteiger partial charge in [-0.25, -0.2) is 4.39 Å². The minimum atomic E-state index is -0.547. The maximum Gasteiger partial charge on any atom is 0.231 e. The van der Waals surface area contributed by atoms with Crippen molar-refractivity contribution in [1.82, 2.24) is 0 Å². The number of hydrogen-bond donors (Lipinski definition) is 1. The summed E-state index contributed by atoms with van der Waals surface area (Å²) in [4.78, 5) is 21.8. The molecule has 1 rings (SSSR count). The van der Waals surface area contributed by atoms with Gasteiger partial charge in [0.1, 0.15) is 5.78 Å². The molecule has 5 heteroatoms. The van der Waals surface area contributed by atoms with Crippen LogP contribution in [0.4, 0.5) is 10.1 Å². The number of hydrogen-bond acceptors (Lipinski definition) is 2. The summed E-state index contributed by atoms with van der Waals surface area (Å²) < 4.78 is 13.6. The number of halogens is 2. The number of anilines is 1. The lowest BCUT2D eigenvalue weighted by atomic mass is 10.2. The minimum Gasteiger partial charge on any atom is -0.323 e. The Bertz CT molecular complexity index is 406. The highest BCUT2D eigenvalue weighted by Crippen LogP contribution is 2.22. The molecule has 0 radical (unpaired) electrons. The highest BCUT2D eigenvalue weighted by molar-refractivity contribution is 9.10. The zero-order valence-corrected chi connectivity index (χ0v) is 9.60. The zero-order chi connectivity index (χ0) is 11.4. The standard InChI is InChI=1S/C10H9BrFNO2/c1-6(14)5-9(15)13-8-4-2-3-7(11)10(8)12/h2-4H,5H2,1H3,(H,13,15). The van der Waals surface area contributed by atoms with E-state index >= 15 is 0 Å². The molecule has 0 bridgehead atoms. The van der Waals surface area contributed by atoms with Crippen LogP contribution >= 0.6 is 15.9 Å². The minimum absolute atomic E-state index is 0.0654. The van der Waals surface area contributed by atoms with Gasteiger partial charge in [-0.3, -0.25) is 9.59 Å². The predicted molar refractivity (Wildman–Crippen MR) is 58.0 cm³/mol. The molecular formula is C10H9BrFNO2. The van der Waals surface area contributed by atoms with Crippen LogP contribution in [0, 0.1) is 5.82 Å². The van der Waals surface area contributed by atoms with E-state index < -0.39 is 11.7 Å². The van der Waals surface area contributed by atoms with Gasteiger partial charge in [0.05, 0.1) is 16.6 Å². The Morgan fingerprint density at radius 3 is 2.73 bits per heavy atom. The maximum absolute atomic E-state index is 13.4. The lowest BCUT2D eigenvalue weighted by Crippen LogP contribution is -2.15. The van der Waals surface area contributed by atoms with Gasteiger partial charge in [0.2, 0.25) is 5.91 Å². The van der Waals surface area contributed by atoms with Crippen LogP contribution in [-0.2, 0) is 9.59 Å². The van der Waals surface area contributed by atoms with E-state index in [-0.39, 0.29) is 22.4 Å². The highest BCUT2D eigenvalue weighted by atomic mass is 79.9. The van der Waals surface area contributed by atoms with E-state index in [1.165, 1.54) is 19.1 Å². The molecule has 1 N–H and O–H groups in total. The first-order chi connectivity index (χ1) is 7.00. The van der Waals surface area contributed by atoms with Gasteiger partial charge in [0.15, 0.2) is 5.82 Å². The second-order valence-electron chi connectivity index (χ2n) is 3.03. The van der Waals surface area contributed by atoms with Gasteiger partial charge in [-0.2, -0.15) is 0 Å². The lowest BCUT2D eigenvalue weighted by molar-refractivity contribution is -0.124. The molecule has 0 aromatic heterocycles. The summed E-state index contributed by atoms with van der Waals surface area (Å²) in [6.45, 7) is 1.30. The Morgan fingerprint density at radius 1 is 1.47 bits per heavy atom. The van der Waals surface area contributed by atoms with Crippen molar-refractivity contribution >= 4 is 33.3 Å². The summed E-state index contributed by atoms with van der Waals surface area (Å²) in [6.07, 6.45) is -0.244. The molecule has 0 unspecified atom stereocenters. The van der Waals surface area contributed by atoms with E-state index in [9.17, 15) is 14.0 Å². The van der Waals surface area contributed by atoms with Crippen LogP contribution in [0.5, 0.6) is 0 Å². The van der Waals surface area contributed by atoms with E-state index in [1.54, 1.807) is 6.07 Å². The summed E-state index contributed by atoms with van der Waals surface area (Å²) >= 11 is 2.99. The van der Waals surface area contributed by atoms with Crippen molar-refractivity contribution in [2.75, 3.05) is 5.32 Å². The van der Waals surface area contributed by atoms with Crippen molar-refractivity contribution in [3.05, 3.63) is 28.5 Å². The molecule has 15 heavy (non-hydrogen) atoms. The normalized spacial score (nSPS) is 9.80. The number of carbonyl (C=O) groups is 2. The zero-order valence-electron chi connectivity index (χ0n) is 8.01. The largest absolute Gasteiger partial charge is 0.323 e. The number of Topliss-reactive ketones (excluding diaryl/α,β-unsaturated/α-hetero) is 1. The molecule has 0 heterocycles. The third kappa shape index (κ3) is 3.43. The topological polar surface area (TPSA) is 46.2 Å². The first-order valence-electron chi connectivity index (χ1n) is 4.24. The van der Waals surface area contributed by atoms with Crippen molar-refractivity contribution in [3.8, 4) is 0 Å². The fourth-order valence-electron chi connectivity index (χ4n) is 1.02. The van der Waals surface area contributed by atoms with Crippen molar-refractivity contribution in [2.24, 2.45) is 0 Å². The molecule has 1 amide bonds. The summed E-state index contributed by atoms with van der Waals surface area (Å²) in [7, 11) is 0. The molecule has 0 fully saturated rings. The van der Waals surface area contributed by atoms with Gasteiger partial charge in [-0.05, 0) is 35.0 Å². The first kappa shape index (κ1) is 11.8. The van der Waals surface area contributed by atoms with E-state index in [4.69, 9.17) is 0 Å². The predicted octanol–water partition coefficient (Wildman–Crippen LogP) is 2.51. The molecule has 1 aromatic rings. The molecule has 0 saturated carbocycles. The van der Waals surface area contributed by atoms with E-state index in [0.29, 0.717) is 0 Å². The quantitative estimate of drug-likeness (QED) is 0.861. The van der Waals surface area contributed by atoms with Crippen LogP contribution in [0.1, 0.15) is 13.3 Å². The molecule has 1 aromatic carbocycles. The molecule has 80 valence electrons. The van der Waals surface area contributed by atoms with Gasteiger partial charge < -0.3 is 5.32 Å². The van der Waals surface area contributed by atoms with Crippen LogP contribution in [0.25, 0.3) is 0 Å². The molecular weight excluding hydrogens is 265 g/mol. The Morgan fingerprint density at radius 2 is 2.13 bits per heavy atom. The van der Waals surface area contributed by atoms with Crippen LogP contribution in [0.15, 0.2) is 22.7 Å². The van der Waals surface area contributed by atoms with Crippen molar-refractivity contribution < 1.29 is 14.0 Å². The summed E-state index contributed by atoms with van der Waals surface area (Å²) in [5.41, 5.74) is 0.0654. The second-order valence-corrected chi connectivity index (χ2v) is 3.88. The number of carbonyl (C=O) groups excluding carboxylic acids is 2. The van der Waals surface area contributed by atoms with Crippen LogP contribution < -0.4 is 5.32 Å². The third-order valence-electron chi connectivity index (χ3n) is 1.64. The highest BCUT2D eigenvalue weighted by Gasteiger charge is 2.10. The van der Waals surface area contributed by atoms with Crippen LogP contribution in [-0.4, -0.2) is 11.7 Å². The Labute approximate surface area is 94.8 Å². The Hall–Kier alpha value is -1.23. The number of amides is 1. The average molecular weight is 274 g/mol. The fraction of sp³-hybridized carbons (Fsp3) is 0.200. The Balaban J connectivity index is 2.77. The van der Waals surface area contributed by atoms with Crippen molar-refractivity contribution in [2.45, 2.75) is 13.3 Å². The molecule has 3 nitrogen and oxygen atoms in total. The smallest absolute Gasteiger partial charge is 0.231 e. The van der Waals surface area contributed by atoms with Crippen molar-refractivity contribution in [1.29, 1.82) is 0 Å². The molecule has 0 aliphatic heterocycles. The lowest BCUT2D eigenvalue weighted by Gasteiger charge is -2.05. The second kappa shape index (κ2) is 5.02. The number of nitrogens with one attached hydrogen (secondary N) is 1. The summed E-state index contributed by atoms with van der Waals surface area (Å²) in [5, 5.41) is 2.32. The van der Waals surface area contributed by atoms with Gasteiger partial charge in [-0.15, -0.1) is 0 Å². The Kier molecular flexibility index (Phi) is 3.96. The summed E-state index contributed by atoms with van der Waals surface area (Å²) in [5.74, 6) is -1.32. The monoisotopic (exact) mass is 273 g/mol. The number of rotatable bonds is 3. The van der Waals surface area contributed by atoms with E-state index in [1.807, 2.05) is 0 Å². The molecule has 0 aliphatic carbocycles. The van der Waals surface area contributed by atoms with Gasteiger partial charge in [0.25, 0.3) is 0 Å². The SMILES string of the molecule is CC(=O)CC(=O)Nc1cccc(Br)c1F. The number of benzene rings is 1. The van der Waals surface area contributed by atoms with E-state index in [2.05, 4.69) is 21.2 Å². The first-order valence-corrected chi connectivity index (χ1v) is 5.03. The van der Waals surface area contributed by atoms with Crippen molar-refractivity contribution in [3.63, 3.8) is 0 Å². The average Bonchev–Trinajstić information content (AvgIpc) is 2.11. The molecule has 0 atom stereocenters. The maximum atomic E-state index is 13.4. The van der Waals surface area contributed by atoms with Gasteiger partial charge in [0, 0.05) is 0 Å². The fourth-order valence-corrected chi connectivity index (χ4v) is 1.39. The van der Waals surface area contributed by atoms with Gasteiger partial charge >= 0.3 is 0 Å². The van der Waals surface area contributed by atoms with Crippen LogP contribution in [0.3, 0.4) is 0 Å². The molecule has 0 spiro atoms. The molecule has 0 aliphatic rings. The van der Waals surface area contributed by atoms with Gasteiger partial charge in [-0.1, -0.05) is 6.07 Å². The number of ketones is 1. The van der Waals surface area contributed by atoms with E-state index in [0.717, 1.165) is 0 Å². The molecule has 0 saturated heterocycles. The summed E-state index contributed by atoms with van der Waals surface area (Å²) in [6, 6.07) is 4.55. The van der Waals surface area contributed by atoms with Crippen LogP contribution in [0.2, 0.25) is 0 Å².